The van der Waals surface area contributed by atoms with Crippen LogP contribution in [0.15, 0.2) is 90.7 Å². The minimum atomic E-state index is -0.662. The smallest absolute Gasteiger partial charge is 0.338 e. The Balaban J connectivity index is 1.55. The number of benzene rings is 3. The van der Waals surface area contributed by atoms with Gasteiger partial charge in [0.05, 0.1) is 37.4 Å². The molecule has 6 nitrogen and oxygen atoms in total. The molecule has 0 aliphatic carbocycles. The fourth-order valence-corrected chi connectivity index (χ4v) is 7.09. The van der Waals surface area contributed by atoms with Crippen LogP contribution in [0.4, 0.5) is 4.39 Å². The number of aryl methyl sites for hydroxylation is 1. The molecule has 2 heterocycles. The minimum absolute atomic E-state index is 0.189. The lowest BCUT2D eigenvalue weighted by atomic mass is 9.95. The Hall–Kier alpha value is -3.34. The summed E-state index contributed by atoms with van der Waals surface area (Å²) in [6.07, 6.45) is 1.78. The largest absolute Gasteiger partial charge is 0.487 e. The number of ether oxygens (including phenoxy) is 2. The monoisotopic (exact) mass is 698 g/mol. The van der Waals surface area contributed by atoms with E-state index >= 15 is 0 Å². The molecule has 0 saturated heterocycles. The SMILES string of the molecule is CCOC(=O)C1=C(C)N=c2s/c(=C/c3cc(Br)c(OCc4cccc(F)c4)c(Br)c3)c(=O)n2[C@H]1c1ccc(C)cc1. The van der Waals surface area contributed by atoms with Gasteiger partial charge in [0.2, 0.25) is 0 Å². The predicted octanol–water partition coefficient (Wildman–Crippen LogP) is 6.35. The molecule has 0 saturated carbocycles. The molecule has 1 atom stereocenters. The van der Waals surface area contributed by atoms with Crippen LogP contribution in [0.1, 0.15) is 42.1 Å². The maximum atomic E-state index is 13.9. The predicted molar refractivity (Wildman–Crippen MR) is 164 cm³/mol. The summed E-state index contributed by atoms with van der Waals surface area (Å²) in [7, 11) is 0. The number of halogens is 3. The van der Waals surface area contributed by atoms with Crippen molar-refractivity contribution in [2.75, 3.05) is 6.61 Å². The third-order valence-electron chi connectivity index (χ3n) is 6.50. The molecule has 210 valence electrons. The van der Waals surface area contributed by atoms with Gasteiger partial charge in [0.1, 0.15) is 18.2 Å². The van der Waals surface area contributed by atoms with Gasteiger partial charge in [-0.15, -0.1) is 0 Å². The molecule has 41 heavy (non-hydrogen) atoms. The zero-order chi connectivity index (χ0) is 29.3. The van der Waals surface area contributed by atoms with E-state index in [0.29, 0.717) is 40.9 Å². The van der Waals surface area contributed by atoms with E-state index in [-0.39, 0.29) is 24.6 Å². The zero-order valence-electron chi connectivity index (χ0n) is 22.4. The molecule has 0 fully saturated rings. The molecule has 0 amide bonds. The van der Waals surface area contributed by atoms with E-state index in [4.69, 9.17) is 9.47 Å². The summed E-state index contributed by atoms with van der Waals surface area (Å²) >= 11 is 8.38. The second kappa shape index (κ2) is 12.3. The number of nitrogens with zero attached hydrogens (tertiary/aromatic N) is 2. The van der Waals surface area contributed by atoms with Crippen LogP contribution in [0, 0.1) is 12.7 Å². The van der Waals surface area contributed by atoms with Crippen molar-refractivity contribution in [3.05, 3.63) is 129 Å². The van der Waals surface area contributed by atoms with E-state index in [1.807, 2.05) is 43.3 Å². The Morgan fingerprint density at radius 1 is 1.10 bits per heavy atom. The highest BCUT2D eigenvalue weighted by molar-refractivity contribution is 9.11. The molecular formula is C31H25Br2FN2O4S. The second-order valence-electron chi connectivity index (χ2n) is 9.45. The van der Waals surface area contributed by atoms with Crippen molar-refractivity contribution in [3.63, 3.8) is 0 Å². The molecule has 0 bridgehead atoms. The summed E-state index contributed by atoms with van der Waals surface area (Å²) in [5.41, 5.74) is 3.93. The standard InChI is InChI=1S/C31H25Br2FN2O4S/c1-4-39-30(38)26-18(3)35-31-36(27(26)21-10-8-17(2)9-11-21)29(37)25(41-31)15-20-13-23(32)28(24(33)14-20)40-16-19-6-5-7-22(34)12-19/h5-15,27H,4,16H2,1-3H3/b25-15+/t27-/m0/s1. The Labute approximate surface area is 256 Å². The summed E-state index contributed by atoms with van der Waals surface area (Å²) in [4.78, 5) is 32.0. The van der Waals surface area contributed by atoms with Crippen molar-refractivity contribution in [2.45, 2.75) is 33.4 Å². The van der Waals surface area contributed by atoms with Gasteiger partial charge in [-0.3, -0.25) is 9.36 Å². The third-order valence-corrected chi connectivity index (χ3v) is 8.66. The molecule has 0 N–H and O–H groups in total. The summed E-state index contributed by atoms with van der Waals surface area (Å²) in [5.74, 6) is -0.257. The van der Waals surface area contributed by atoms with E-state index in [1.54, 1.807) is 36.6 Å². The summed E-state index contributed by atoms with van der Waals surface area (Å²) < 4.78 is 28.2. The van der Waals surface area contributed by atoms with E-state index in [2.05, 4.69) is 36.9 Å². The molecule has 10 heteroatoms. The van der Waals surface area contributed by atoms with E-state index < -0.39 is 12.0 Å². The van der Waals surface area contributed by atoms with Gasteiger partial charge < -0.3 is 9.47 Å². The lowest BCUT2D eigenvalue weighted by molar-refractivity contribution is -0.139. The average molecular weight is 700 g/mol. The van der Waals surface area contributed by atoms with E-state index in [0.717, 1.165) is 16.7 Å². The highest BCUT2D eigenvalue weighted by Gasteiger charge is 2.33. The van der Waals surface area contributed by atoms with Crippen molar-refractivity contribution in [1.29, 1.82) is 0 Å². The van der Waals surface area contributed by atoms with Gasteiger partial charge in [-0.2, -0.15) is 0 Å². The first kappa shape index (κ1) is 29.2. The number of aromatic nitrogens is 1. The van der Waals surface area contributed by atoms with Crippen LogP contribution in [0.2, 0.25) is 0 Å². The fourth-order valence-electron chi connectivity index (χ4n) is 4.59. The molecule has 1 aromatic heterocycles. The first-order valence-corrected chi connectivity index (χ1v) is 15.2. The van der Waals surface area contributed by atoms with Gasteiger partial charge in [0.25, 0.3) is 5.56 Å². The Kier molecular flexibility index (Phi) is 8.72. The van der Waals surface area contributed by atoms with Crippen LogP contribution in [-0.4, -0.2) is 17.1 Å². The Bertz CT molecular complexity index is 1840. The Morgan fingerprint density at radius 3 is 2.46 bits per heavy atom. The lowest BCUT2D eigenvalue weighted by Gasteiger charge is -2.24. The van der Waals surface area contributed by atoms with Crippen LogP contribution < -0.4 is 19.6 Å². The Morgan fingerprint density at radius 2 is 1.80 bits per heavy atom. The van der Waals surface area contributed by atoms with Crippen molar-refractivity contribution < 1.29 is 18.7 Å². The summed E-state index contributed by atoms with van der Waals surface area (Å²) in [6.45, 7) is 5.90. The number of esters is 1. The lowest BCUT2D eigenvalue weighted by Crippen LogP contribution is -2.39. The molecule has 0 spiro atoms. The van der Waals surface area contributed by atoms with Crippen molar-refractivity contribution in [2.24, 2.45) is 4.99 Å². The molecule has 0 unspecified atom stereocenters. The number of rotatable bonds is 7. The normalized spacial score (nSPS) is 15.0. The number of hydrogen-bond acceptors (Lipinski definition) is 6. The molecule has 4 aromatic rings. The minimum Gasteiger partial charge on any atom is -0.487 e. The molecular weight excluding hydrogens is 675 g/mol. The number of fused-ring (bicyclic) bond motifs is 1. The first-order valence-electron chi connectivity index (χ1n) is 12.8. The first-order chi connectivity index (χ1) is 19.7. The van der Waals surface area contributed by atoms with Crippen molar-refractivity contribution >= 4 is 55.2 Å². The van der Waals surface area contributed by atoms with E-state index in [1.165, 1.54) is 23.5 Å². The molecule has 1 aliphatic rings. The zero-order valence-corrected chi connectivity index (χ0v) is 26.4. The van der Waals surface area contributed by atoms with Gasteiger partial charge in [-0.25, -0.2) is 14.2 Å². The quantitative estimate of drug-likeness (QED) is 0.211. The van der Waals surface area contributed by atoms with Crippen LogP contribution in [-0.2, 0) is 16.1 Å². The maximum absolute atomic E-state index is 13.9. The highest BCUT2D eigenvalue weighted by atomic mass is 79.9. The van der Waals surface area contributed by atoms with Crippen molar-refractivity contribution in [3.8, 4) is 5.75 Å². The topological polar surface area (TPSA) is 69.9 Å². The number of hydrogen-bond donors (Lipinski definition) is 0. The van der Waals surface area contributed by atoms with Gasteiger partial charge in [0.15, 0.2) is 4.80 Å². The van der Waals surface area contributed by atoms with Crippen LogP contribution in [0.25, 0.3) is 6.08 Å². The molecule has 3 aromatic carbocycles. The summed E-state index contributed by atoms with van der Waals surface area (Å²) in [5, 5.41) is 0. The van der Waals surface area contributed by atoms with Gasteiger partial charge >= 0.3 is 5.97 Å². The number of allylic oxidation sites excluding steroid dienone is 1. The van der Waals surface area contributed by atoms with Gasteiger partial charge in [-0.1, -0.05) is 53.3 Å². The van der Waals surface area contributed by atoms with Gasteiger partial charge in [0, 0.05) is 0 Å². The number of thiazole rings is 1. The summed E-state index contributed by atoms with van der Waals surface area (Å²) in [6, 6.07) is 17.0. The second-order valence-corrected chi connectivity index (χ2v) is 12.2. The van der Waals surface area contributed by atoms with Crippen LogP contribution in [0.5, 0.6) is 5.75 Å². The molecule has 1 aliphatic heterocycles. The van der Waals surface area contributed by atoms with Crippen molar-refractivity contribution in [1.82, 2.24) is 4.57 Å². The molecule has 5 rings (SSSR count). The van der Waals surface area contributed by atoms with Crippen LogP contribution in [0.3, 0.4) is 0 Å². The third kappa shape index (κ3) is 6.14. The molecule has 0 radical (unpaired) electrons. The van der Waals surface area contributed by atoms with E-state index in [9.17, 15) is 14.0 Å². The fraction of sp³-hybridized carbons (Fsp3) is 0.194. The average Bonchev–Trinajstić information content (AvgIpc) is 3.22. The van der Waals surface area contributed by atoms with Gasteiger partial charge in [-0.05, 0) is 99.7 Å². The van der Waals surface area contributed by atoms with Crippen LogP contribution >= 0.6 is 43.2 Å². The highest BCUT2D eigenvalue weighted by Crippen LogP contribution is 2.36. The maximum Gasteiger partial charge on any atom is 0.338 e. The number of carbonyl (C=O) groups excluding carboxylic acids is 1. The number of carbonyl (C=O) groups is 1.